The lowest BCUT2D eigenvalue weighted by Gasteiger charge is -2.06. The molecule has 0 amide bonds. The van der Waals surface area contributed by atoms with Crippen molar-refractivity contribution in [1.82, 2.24) is 24.5 Å². The number of rotatable bonds is 4. The van der Waals surface area contributed by atoms with E-state index in [1.54, 1.807) is 28.9 Å². The van der Waals surface area contributed by atoms with Crippen molar-refractivity contribution in [3.05, 3.63) is 87.2 Å². The molecule has 4 rings (SSSR count). The summed E-state index contributed by atoms with van der Waals surface area (Å²) < 4.78 is 16.3. The van der Waals surface area contributed by atoms with E-state index in [9.17, 15) is 9.18 Å². The first-order valence-electron chi connectivity index (χ1n) is 7.88. The lowest BCUT2D eigenvalue weighted by Crippen LogP contribution is -2.21. The minimum absolute atomic E-state index is 0.179. The molecule has 0 aliphatic carbocycles. The predicted octanol–water partition coefficient (Wildman–Crippen LogP) is 2.88. The van der Waals surface area contributed by atoms with E-state index in [0.29, 0.717) is 22.8 Å². The molecule has 2 aromatic heterocycles. The van der Waals surface area contributed by atoms with Gasteiger partial charge in [-0.05, 0) is 35.4 Å². The highest BCUT2D eigenvalue weighted by molar-refractivity contribution is 6.30. The van der Waals surface area contributed by atoms with Crippen molar-refractivity contribution < 1.29 is 4.39 Å². The quantitative estimate of drug-likeness (QED) is 0.555. The zero-order valence-corrected chi connectivity index (χ0v) is 14.3. The SMILES string of the molecule is O=c1c2nnn(Cc3ccc(Cl)cc3)c2ncn1Cc1cccc(F)c1. The molecule has 0 aliphatic rings. The van der Waals surface area contributed by atoms with Crippen molar-refractivity contribution >= 4 is 22.8 Å². The highest BCUT2D eigenvalue weighted by atomic mass is 35.5. The molecule has 2 aromatic carbocycles. The molecule has 0 bridgehead atoms. The molecule has 6 nitrogen and oxygen atoms in total. The van der Waals surface area contributed by atoms with Gasteiger partial charge in [0.25, 0.3) is 5.56 Å². The smallest absolute Gasteiger partial charge is 0.283 e. The van der Waals surface area contributed by atoms with Gasteiger partial charge in [-0.25, -0.2) is 14.1 Å². The molecule has 0 unspecified atom stereocenters. The third-order valence-electron chi connectivity index (χ3n) is 3.98. The van der Waals surface area contributed by atoms with Crippen LogP contribution < -0.4 is 5.56 Å². The van der Waals surface area contributed by atoms with Gasteiger partial charge < -0.3 is 0 Å². The maximum absolute atomic E-state index is 13.3. The molecule has 0 saturated carbocycles. The molecule has 8 heteroatoms. The third kappa shape index (κ3) is 3.21. The van der Waals surface area contributed by atoms with Crippen LogP contribution in [0.15, 0.2) is 59.7 Å². The summed E-state index contributed by atoms with van der Waals surface area (Å²) >= 11 is 5.89. The number of fused-ring (bicyclic) bond motifs is 1. The van der Waals surface area contributed by atoms with Gasteiger partial charge in [0.15, 0.2) is 11.2 Å². The number of nitrogens with zero attached hydrogens (tertiary/aromatic N) is 5. The molecule has 26 heavy (non-hydrogen) atoms. The van der Waals surface area contributed by atoms with Crippen molar-refractivity contribution in [3.8, 4) is 0 Å². The molecule has 130 valence electrons. The molecular weight excluding hydrogens is 357 g/mol. The Kier molecular flexibility index (Phi) is 4.22. The molecule has 0 saturated heterocycles. The van der Waals surface area contributed by atoms with Gasteiger partial charge in [-0.3, -0.25) is 9.36 Å². The molecular formula is C18H13ClFN5O. The van der Waals surface area contributed by atoms with Crippen molar-refractivity contribution in [3.63, 3.8) is 0 Å². The van der Waals surface area contributed by atoms with Crippen LogP contribution in [-0.4, -0.2) is 24.5 Å². The minimum atomic E-state index is -0.349. The van der Waals surface area contributed by atoms with Crippen molar-refractivity contribution in [2.24, 2.45) is 0 Å². The fraction of sp³-hybridized carbons (Fsp3) is 0.111. The maximum atomic E-state index is 13.3. The Morgan fingerprint density at radius 1 is 1.04 bits per heavy atom. The van der Waals surface area contributed by atoms with E-state index in [1.165, 1.54) is 23.0 Å². The Bertz CT molecular complexity index is 1140. The lowest BCUT2D eigenvalue weighted by atomic mass is 10.2. The van der Waals surface area contributed by atoms with E-state index in [4.69, 9.17) is 11.6 Å². The first-order chi connectivity index (χ1) is 12.6. The van der Waals surface area contributed by atoms with Gasteiger partial charge in [0.1, 0.15) is 12.1 Å². The molecule has 0 radical (unpaired) electrons. The minimum Gasteiger partial charge on any atom is -0.293 e. The number of halogens is 2. The molecule has 0 fully saturated rings. The zero-order valence-electron chi connectivity index (χ0n) is 13.5. The first kappa shape index (κ1) is 16.4. The van der Waals surface area contributed by atoms with Gasteiger partial charge in [-0.1, -0.05) is 41.1 Å². The van der Waals surface area contributed by atoms with E-state index < -0.39 is 0 Å². The van der Waals surface area contributed by atoms with Gasteiger partial charge in [0.2, 0.25) is 0 Å². The van der Waals surface area contributed by atoms with Crippen LogP contribution in [0.1, 0.15) is 11.1 Å². The molecule has 4 aromatic rings. The zero-order chi connectivity index (χ0) is 18.1. The summed E-state index contributed by atoms with van der Waals surface area (Å²) in [5.74, 6) is -0.349. The fourth-order valence-electron chi connectivity index (χ4n) is 2.70. The summed E-state index contributed by atoms with van der Waals surface area (Å²) in [5.41, 5.74) is 1.90. The fourth-order valence-corrected chi connectivity index (χ4v) is 2.83. The van der Waals surface area contributed by atoms with E-state index in [-0.39, 0.29) is 23.4 Å². The molecule has 2 heterocycles. The Hall–Kier alpha value is -3.06. The van der Waals surface area contributed by atoms with Gasteiger partial charge in [0.05, 0.1) is 13.1 Å². The third-order valence-corrected chi connectivity index (χ3v) is 4.23. The highest BCUT2D eigenvalue weighted by Crippen LogP contribution is 2.12. The normalized spacial score (nSPS) is 11.2. The predicted molar refractivity (Wildman–Crippen MR) is 95.6 cm³/mol. The van der Waals surface area contributed by atoms with Crippen molar-refractivity contribution in [2.75, 3.05) is 0 Å². The van der Waals surface area contributed by atoms with Crippen LogP contribution in [0.3, 0.4) is 0 Å². The Balaban J connectivity index is 1.66. The van der Waals surface area contributed by atoms with Crippen molar-refractivity contribution in [1.29, 1.82) is 0 Å². The number of hydrogen-bond donors (Lipinski definition) is 0. The standard InChI is InChI=1S/C18H13ClFN5O/c19-14-6-4-12(5-7-14)10-25-17-16(22-23-25)18(26)24(11-21-17)9-13-2-1-3-15(20)8-13/h1-8,11H,9-10H2. The number of hydrogen-bond acceptors (Lipinski definition) is 4. The summed E-state index contributed by atoms with van der Waals surface area (Å²) in [7, 11) is 0. The summed E-state index contributed by atoms with van der Waals surface area (Å²) in [4.78, 5) is 16.9. The van der Waals surface area contributed by atoms with Crippen LogP contribution in [0, 0.1) is 5.82 Å². The van der Waals surface area contributed by atoms with Crippen LogP contribution in [0.25, 0.3) is 11.2 Å². The Morgan fingerprint density at radius 2 is 1.85 bits per heavy atom. The van der Waals surface area contributed by atoms with E-state index in [1.807, 2.05) is 12.1 Å². The molecule has 0 spiro atoms. The van der Waals surface area contributed by atoms with E-state index in [2.05, 4.69) is 15.3 Å². The second-order valence-corrected chi connectivity index (χ2v) is 6.29. The van der Waals surface area contributed by atoms with Crippen LogP contribution in [0.2, 0.25) is 5.02 Å². The number of aromatic nitrogens is 5. The van der Waals surface area contributed by atoms with Crippen LogP contribution in [0.5, 0.6) is 0 Å². The van der Waals surface area contributed by atoms with Crippen LogP contribution >= 0.6 is 11.6 Å². The van der Waals surface area contributed by atoms with E-state index >= 15 is 0 Å². The summed E-state index contributed by atoms with van der Waals surface area (Å²) in [6, 6.07) is 13.4. The monoisotopic (exact) mass is 369 g/mol. The first-order valence-corrected chi connectivity index (χ1v) is 8.25. The summed E-state index contributed by atoms with van der Waals surface area (Å²) in [5, 5.41) is 8.65. The highest BCUT2D eigenvalue weighted by Gasteiger charge is 2.12. The van der Waals surface area contributed by atoms with Gasteiger partial charge >= 0.3 is 0 Å². The molecule has 0 atom stereocenters. The second kappa shape index (κ2) is 6.68. The van der Waals surface area contributed by atoms with Gasteiger partial charge in [0, 0.05) is 5.02 Å². The summed E-state index contributed by atoms with van der Waals surface area (Å²) in [6.45, 7) is 0.637. The second-order valence-electron chi connectivity index (χ2n) is 5.85. The molecule has 0 N–H and O–H groups in total. The average Bonchev–Trinajstić information content (AvgIpc) is 3.03. The Labute approximate surface area is 152 Å². The average molecular weight is 370 g/mol. The largest absolute Gasteiger partial charge is 0.293 e. The lowest BCUT2D eigenvalue weighted by molar-refractivity contribution is 0.622. The summed E-state index contributed by atoms with van der Waals surface area (Å²) in [6.07, 6.45) is 1.43. The van der Waals surface area contributed by atoms with E-state index in [0.717, 1.165) is 5.56 Å². The topological polar surface area (TPSA) is 65.6 Å². The van der Waals surface area contributed by atoms with Crippen LogP contribution in [0.4, 0.5) is 4.39 Å². The van der Waals surface area contributed by atoms with Gasteiger partial charge in [-0.15, -0.1) is 5.10 Å². The molecule has 0 aliphatic heterocycles. The maximum Gasteiger partial charge on any atom is 0.283 e. The van der Waals surface area contributed by atoms with Crippen molar-refractivity contribution in [2.45, 2.75) is 13.1 Å². The van der Waals surface area contributed by atoms with Gasteiger partial charge in [-0.2, -0.15) is 0 Å². The Morgan fingerprint density at radius 3 is 2.62 bits per heavy atom. The van der Waals surface area contributed by atoms with Crippen LogP contribution in [-0.2, 0) is 13.1 Å². The number of benzene rings is 2.